The van der Waals surface area contributed by atoms with E-state index in [0.717, 1.165) is 0 Å². The molecule has 74 valence electrons. The predicted molar refractivity (Wildman–Crippen MR) is 47.4 cm³/mol. The fourth-order valence-electron chi connectivity index (χ4n) is 0.824. The second kappa shape index (κ2) is 6.61. The van der Waals surface area contributed by atoms with Gasteiger partial charge in [-0.05, 0) is 20.3 Å². The summed E-state index contributed by atoms with van der Waals surface area (Å²) in [5, 5.41) is 8.53. The third-order valence-electron chi connectivity index (χ3n) is 1.24. The zero-order chi connectivity index (χ0) is 9.45. The average molecular weight is 196 g/mol. The summed E-state index contributed by atoms with van der Waals surface area (Å²) in [5.74, 6) is 0. The van der Waals surface area contributed by atoms with Crippen LogP contribution in [-0.2, 0) is 13.6 Å². The maximum atomic E-state index is 11.6. The van der Waals surface area contributed by atoms with Crippen LogP contribution in [0.4, 0.5) is 0 Å². The molecule has 12 heavy (non-hydrogen) atoms. The van der Waals surface area contributed by atoms with Crippen molar-refractivity contribution in [3.63, 3.8) is 0 Å². The van der Waals surface area contributed by atoms with Crippen LogP contribution in [0.25, 0.3) is 0 Å². The molecule has 0 atom stereocenters. The van der Waals surface area contributed by atoms with Crippen molar-refractivity contribution in [2.45, 2.75) is 20.3 Å². The van der Waals surface area contributed by atoms with Gasteiger partial charge in [0.2, 0.25) is 0 Å². The Morgan fingerprint density at radius 1 is 1.25 bits per heavy atom. The van der Waals surface area contributed by atoms with Gasteiger partial charge in [-0.3, -0.25) is 4.57 Å². The van der Waals surface area contributed by atoms with E-state index in [1.165, 1.54) is 0 Å². The molecule has 0 unspecified atom stereocenters. The molecule has 0 fully saturated rings. The van der Waals surface area contributed by atoms with Gasteiger partial charge in [-0.25, -0.2) is 0 Å². The molecule has 4 nitrogen and oxygen atoms in total. The summed E-state index contributed by atoms with van der Waals surface area (Å²) in [5.41, 5.74) is 0. The van der Waals surface area contributed by atoms with Crippen molar-refractivity contribution in [1.82, 2.24) is 0 Å². The van der Waals surface area contributed by atoms with Crippen LogP contribution in [0.3, 0.4) is 0 Å². The number of aliphatic hydroxyl groups excluding tert-OH is 1. The van der Waals surface area contributed by atoms with Crippen LogP contribution in [-0.4, -0.2) is 31.1 Å². The largest absolute Gasteiger partial charge is 0.396 e. The summed E-state index contributed by atoms with van der Waals surface area (Å²) in [6.45, 7) is 4.31. The number of hydrogen-bond acceptors (Lipinski definition) is 4. The standard InChI is InChI=1S/C7H17O4P/c1-3-10-12(9,11-4-2)7-5-6-8/h8H,3-7H2,1-2H3. The summed E-state index contributed by atoms with van der Waals surface area (Å²) in [7, 11) is -2.90. The molecular formula is C7H17O4P. The summed E-state index contributed by atoms with van der Waals surface area (Å²) in [6.07, 6.45) is 0.752. The molecule has 0 spiro atoms. The highest BCUT2D eigenvalue weighted by atomic mass is 31.2. The summed E-state index contributed by atoms with van der Waals surface area (Å²) in [6, 6.07) is 0. The first-order valence-corrected chi connectivity index (χ1v) is 5.90. The van der Waals surface area contributed by atoms with E-state index < -0.39 is 7.60 Å². The second-order valence-electron chi connectivity index (χ2n) is 2.25. The van der Waals surface area contributed by atoms with Gasteiger partial charge in [0, 0.05) is 6.61 Å². The monoisotopic (exact) mass is 196 g/mol. The fourth-order valence-corrected chi connectivity index (χ4v) is 2.47. The number of hydrogen-bond donors (Lipinski definition) is 1. The molecule has 0 aliphatic rings. The fraction of sp³-hybridized carbons (Fsp3) is 1.00. The zero-order valence-electron chi connectivity index (χ0n) is 7.65. The van der Waals surface area contributed by atoms with Crippen LogP contribution < -0.4 is 0 Å². The highest BCUT2D eigenvalue weighted by Gasteiger charge is 2.21. The lowest BCUT2D eigenvalue weighted by atomic mass is 10.5. The number of aliphatic hydroxyl groups is 1. The van der Waals surface area contributed by atoms with Crippen LogP contribution >= 0.6 is 7.60 Å². The summed E-state index contributed by atoms with van der Waals surface area (Å²) < 4.78 is 21.6. The molecule has 0 aromatic carbocycles. The van der Waals surface area contributed by atoms with Crippen molar-refractivity contribution in [1.29, 1.82) is 0 Å². The minimum absolute atomic E-state index is 0.0180. The Labute approximate surface area is 73.4 Å². The van der Waals surface area contributed by atoms with Crippen LogP contribution in [0, 0.1) is 0 Å². The van der Waals surface area contributed by atoms with E-state index in [-0.39, 0.29) is 6.61 Å². The Balaban J connectivity index is 3.90. The molecule has 0 heterocycles. The van der Waals surface area contributed by atoms with Gasteiger partial charge in [-0.2, -0.15) is 0 Å². The lowest BCUT2D eigenvalue weighted by Gasteiger charge is -2.15. The van der Waals surface area contributed by atoms with Gasteiger partial charge < -0.3 is 14.2 Å². The first-order chi connectivity index (χ1) is 5.68. The van der Waals surface area contributed by atoms with Crippen LogP contribution in [0.2, 0.25) is 0 Å². The minimum Gasteiger partial charge on any atom is -0.396 e. The molecule has 0 saturated carbocycles. The van der Waals surface area contributed by atoms with Crippen molar-refractivity contribution in [2.24, 2.45) is 0 Å². The van der Waals surface area contributed by atoms with E-state index in [4.69, 9.17) is 14.2 Å². The lowest BCUT2D eigenvalue weighted by molar-refractivity contribution is 0.215. The molecule has 0 radical (unpaired) electrons. The van der Waals surface area contributed by atoms with E-state index in [9.17, 15) is 4.57 Å². The number of rotatable bonds is 7. The lowest BCUT2D eigenvalue weighted by Crippen LogP contribution is -2.01. The average Bonchev–Trinajstić information content (AvgIpc) is 2.02. The Hall–Kier alpha value is 0.110. The van der Waals surface area contributed by atoms with Gasteiger partial charge in [0.25, 0.3) is 0 Å². The Kier molecular flexibility index (Phi) is 6.67. The van der Waals surface area contributed by atoms with Crippen molar-refractivity contribution < 1.29 is 18.7 Å². The molecule has 1 N–H and O–H groups in total. The Morgan fingerprint density at radius 2 is 1.75 bits per heavy atom. The van der Waals surface area contributed by atoms with E-state index in [1.54, 1.807) is 13.8 Å². The van der Waals surface area contributed by atoms with Gasteiger partial charge in [-0.1, -0.05) is 0 Å². The van der Waals surface area contributed by atoms with Crippen molar-refractivity contribution in [2.75, 3.05) is 26.0 Å². The second-order valence-corrected chi connectivity index (χ2v) is 4.43. The van der Waals surface area contributed by atoms with Gasteiger partial charge in [0.1, 0.15) is 0 Å². The molecule has 5 heteroatoms. The molecule has 0 aromatic rings. The smallest absolute Gasteiger partial charge is 0.330 e. The van der Waals surface area contributed by atoms with Gasteiger partial charge in [0.15, 0.2) is 0 Å². The third kappa shape index (κ3) is 4.88. The molecule has 0 aliphatic carbocycles. The quantitative estimate of drug-likeness (QED) is 0.629. The first-order valence-electron chi connectivity index (χ1n) is 4.17. The van der Waals surface area contributed by atoms with Gasteiger partial charge in [-0.15, -0.1) is 0 Å². The van der Waals surface area contributed by atoms with Crippen LogP contribution in [0.15, 0.2) is 0 Å². The van der Waals surface area contributed by atoms with Crippen LogP contribution in [0.1, 0.15) is 20.3 Å². The normalized spacial score (nSPS) is 11.9. The van der Waals surface area contributed by atoms with E-state index in [1.807, 2.05) is 0 Å². The van der Waals surface area contributed by atoms with Crippen LogP contribution in [0.5, 0.6) is 0 Å². The molecule has 0 amide bonds. The Morgan fingerprint density at radius 3 is 2.08 bits per heavy atom. The van der Waals surface area contributed by atoms with Crippen molar-refractivity contribution >= 4 is 7.60 Å². The van der Waals surface area contributed by atoms with E-state index in [2.05, 4.69) is 0 Å². The zero-order valence-corrected chi connectivity index (χ0v) is 8.55. The highest BCUT2D eigenvalue weighted by molar-refractivity contribution is 7.53. The maximum Gasteiger partial charge on any atom is 0.330 e. The molecule has 0 aromatic heterocycles. The first kappa shape index (κ1) is 12.1. The molecule has 0 rings (SSSR count). The van der Waals surface area contributed by atoms with Crippen molar-refractivity contribution in [3.05, 3.63) is 0 Å². The third-order valence-corrected chi connectivity index (χ3v) is 3.41. The van der Waals surface area contributed by atoms with E-state index >= 15 is 0 Å². The highest BCUT2D eigenvalue weighted by Crippen LogP contribution is 2.48. The molecule has 0 bridgehead atoms. The van der Waals surface area contributed by atoms with Crippen molar-refractivity contribution in [3.8, 4) is 0 Å². The molecule has 0 saturated heterocycles. The van der Waals surface area contributed by atoms with Gasteiger partial charge >= 0.3 is 7.60 Å². The summed E-state index contributed by atoms with van der Waals surface area (Å²) >= 11 is 0. The maximum absolute atomic E-state index is 11.6. The molecular weight excluding hydrogens is 179 g/mol. The Bertz CT molecular complexity index is 138. The molecule has 0 aliphatic heterocycles. The minimum atomic E-state index is -2.90. The topological polar surface area (TPSA) is 55.8 Å². The predicted octanol–water partition coefficient (Wildman–Crippen LogP) is 1.63. The van der Waals surface area contributed by atoms with Gasteiger partial charge in [0.05, 0.1) is 19.4 Å². The SMILES string of the molecule is CCOP(=O)(CCCO)OCC. The van der Waals surface area contributed by atoms with E-state index in [0.29, 0.717) is 25.8 Å². The summed E-state index contributed by atoms with van der Waals surface area (Å²) in [4.78, 5) is 0.